The molecular weight excluding hydrogens is 462 g/mol. The minimum Gasteiger partial charge on any atom is -0.352 e. The molecule has 2 aromatic carbocycles. The summed E-state index contributed by atoms with van der Waals surface area (Å²) in [6.07, 6.45) is 3.00. The summed E-state index contributed by atoms with van der Waals surface area (Å²) in [4.78, 5) is 27.9. The van der Waals surface area contributed by atoms with Gasteiger partial charge >= 0.3 is 0 Å². The second kappa shape index (κ2) is 13.3. The molecule has 0 bridgehead atoms. The highest BCUT2D eigenvalue weighted by atomic mass is 32.2. The average Bonchev–Trinajstić information content (AvgIpc) is 2.81. The molecule has 2 amide bonds. The van der Waals surface area contributed by atoms with Gasteiger partial charge in [-0.05, 0) is 56.4 Å². The molecule has 0 aliphatic rings. The van der Waals surface area contributed by atoms with E-state index in [2.05, 4.69) is 5.32 Å². The first-order valence-corrected chi connectivity index (χ1v) is 14.1. The summed E-state index contributed by atoms with van der Waals surface area (Å²) in [5.41, 5.74) is 2.64. The molecule has 0 heterocycles. The molecule has 1 N–H and O–H groups in total. The van der Waals surface area contributed by atoms with E-state index >= 15 is 0 Å². The van der Waals surface area contributed by atoms with Crippen LogP contribution in [0.3, 0.4) is 0 Å². The Morgan fingerprint density at radius 1 is 0.943 bits per heavy atom. The van der Waals surface area contributed by atoms with Crippen molar-refractivity contribution < 1.29 is 18.0 Å². The summed E-state index contributed by atoms with van der Waals surface area (Å²) in [6, 6.07) is 16.4. The zero-order chi connectivity index (χ0) is 26.0. The van der Waals surface area contributed by atoms with Gasteiger partial charge in [0.2, 0.25) is 21.8 Å². The smallest absolute Gasteiger partial charge is 0.243 e. The van der Waals surface area contributed by atoms with Gasteiger partial charge in [0.05, 0.1) is 11.9 Å². The van der Waals surface area contributed by atoms with Crippen LogP contribution in [-0.2, 0) is 32.6 Å². The lowest BCUT2D eigenvalue weighted by Gasteiger charge is -2.31. The van der Waals surface area contributed by atoms with Crippen LogP contribution in [0.4, 0.5) is 5.69 Å². The second-order valence-corrected chi connectivity index (χ2v) is 11.0. The molecule has 0 radical (unpaired) electrons. The predicted octanol–water partition coefficient (Wildman–Crippen LogP) is 4.13. The number of hydrogen-bond acceptors (Lipinski definition) is 4. The highest BCUT2D eigenvalue weighted by Gasteiger charge is 2.29. The number of aryl methyl sites for hydroxylation is 1. The van der Waals surface area contributed by atoms with Gasteiger partial charge in [0.15, 0.2) is 0 Å². The molecule has 1 atom stereocenters. The van der Waals surface area contributed by atoms with Crippen LogP contribution in [0.25, 0.3) is 0 Å². The monoisotopic (exact) mass is 501 g/mol. The van der Waals surface area contributed by atoms with E-state index in [-0.39, 0.29) is 30.8 Å². The molecule has 0 saturated carbocycles. The Balaban J connectivity index is 2.18. The van der Waals surface area contributed by atoms with Crippen LogP contribution in [0, 0.1) is 0 Å². The molecule has 0 spiro atoms. The largest absolute Gasteiger partial charge is 0.352 e. The van der Waals surface area contributed by atoms with Crippen LogP contribution in [0.15, 0.2) is 54.6 Å². The summed E-state index contributed by atoms with van der Waals surface area (Å²) >= 11 is 0. The lowest BCUT2D eigenvalue weighted by Crippen LogP contribution is -2.50. The first-order chi connectivity index (χ1) is 16.6. The van der Waals surface area contributed by atoms with Gasteiger partial charge in [0.1, 0.15) is 6.04 Å². The van der Waals surface area contributed by atoms with Crippen molar-refractivity contribution in [3.8, 4) is 0 Å². The number of carbonyl (C=O) groups is 2. The van der Waals surface area contributed by atoms with Crippen LogP contribution in [0.2, 0.25) is 0 Å². The van der Waals surface area contributed by atoms with Crippen LogP contribution in [0.1, 0.15) is 58.1 Å². The third-order valence-electron chi connectivity index (χ3n) is 5.80. The van der Waals surface area contributed by atoms with Crippen molar-refractivity contribution in [1.82, 2.24) is 10.2 Å². The summed E-state index contributed by atoms with van der Waals surface area (Å²) < 4.78 is 26.3. The van der Waals surface area contributed by atoms with E-state index in [1.54, 1.807) is 17.0 Å². The molecule has 7 nitrogen and oxygen atoms in total. The highest BCUT2D eigenvalue weighted by molar-refractivity contribution is 7.92. The minimum atomic E-state index is -3.51. The number of anilines is 1. The van der Waals surface area contributed by atoms with Gasteiger partial charge < -0.3 is 10.2 Å². The summed E-state index contributed by atoms with van der Waals surface area (Å²) in [5, 5.41) is 2.92. The molecule has 192 valence electrons. The fourth-order valence-corrected chi connectivity index (χ4v) is 4.95. The van der Waals surface area contributed by atoms with E-state index in [4.69, 9.17) is 0 Å². The van der Waals surface area contributed by atoms with E-state index in [9.17, 15) is 18.0 Å². The van der Waals surface area contributed by atoms with Crippen LogP contribution in [-0.4, -0.2) is 50.0 Å². The van der Waals surface area contributed by atoms with Gasteiger partial charge in [-0.25, -0.2) is 8.42 Å². The number of carbonyl (C=O) groups excluding carboxylic acids is 2. The molecule has 0 unspecified atom stereocenters. The van der Waals surface area contributed by atoms with Gasteiger partial charge in [-0.3, -0.25) is 13.9 Å². The molecule has 0 saturated heterocycles. The Bertz CT molecular complexity index is 1050. The maximum Gasteiger partial charge on any atom is 0.243 e. The number of amides is 2. The molecule has 0 aliphatic carbocycles. The van der Waals surface area contributed by atoms with Crippen molar-refractivity contribution in [2.75, 3.05) is 17.1 Å². The average molecular weight is 502 g/mol. The van der Waals surface area contributed by atoms with E-state index in [0.29, 0.717) is 25.1 Å². The van der Waals surface area contributed by atoms with Gasteiger partial charge in [-0.1, -0.05) is 56.3 Å². The maximum atomic E-state index is 13.4. The van der Waals surface area contributed by atoms with Crippen LogP contribution >= 0.6 is 0 Å². The van der Waals surface area contributed by atoms with Crippen LogP contribution < -0.4 is 9.62 Å². The quantitative estimate of drug-likeness (QED) is 0.447. The van der Waals surface area contributed by atoms with Crippen molar-refractivity contribution in [3.63, 3.8) is 0 Å². The number of rotatable bonds is 13. The third-order valence-corrected chi connectivity index (χ3v) is 6.99. The standard InChI is InChI=1S/C27H39N3O4S/c1-6-22-15-17-24(18-16-22)30(35(5,33)34)19-11-14-26(31)29(20-23-12-9-8-10-13-23)25(7-2)27(32)28-21(3)4/h8-10,12-13,15-18,21,25H,6-7,11,14,19-20H2,1-5H3,(H,28,32)/t25-/m1/s1. The number of benzene rings is 2. The van der Waals surface area contributed by atoms with E-state index in [1.165, 1.54) is 10.6 Å². The molecular formula is C27H39N3O4S. The minimum absolute atomic E-state index is 0.0346. The zero-order valence-corrected chi connectivity index (χ0v) is 22.3. The van der Waals surface area contributed by atoms with Gasteiger partial charge in [0.25, 0.3) is 0 Å². The van der Waals surface area contributed by atoms with E-state index < -0.39 is 16.1 Å². The van der Waals surface area contributed by atoms with Crippen LogP contribution in [0.5, 0.6) is 0 Å². The topological polar surface area (TPSA) is 86.8 Å². The number of nitrogens with zero attached hydrogens (tertiary/aromatic N) is 2. The Kier molecular flexibility index (Phi) is 10.8. The van der Waals surface area contributed by atoms with Crippen molar-refractivity contribution in [2.45, 2.75) is 72.0 Å². The molecule has 2 aromatic rings. The Hall–Kier alpha value is -2.87. The molecule has 8 heteroatoms. The number of nitrogens with one attached hydrogen (secondary N) is 1. The van der Waals surface area contributed by atoms with Crippen molar-refractivity contribution >= 4 is 27.5 Å². The molecule has 0 fully saturated rings. The van der Waals surface area contributed by atoms with E-state index in [1.807, 2.05) is 70.2 Å². The summed E-state index contributed by atoms with van der Waals surface area (Å²) in [7, 11) is -3.51. The first kappa shape index (κ1) is 28.4. The molecule has 2 rings (SSSR count). The van der Waals surface area contributed by atoms with Gasteiger partial charge in [0, 0.05) is 25.6 Å². The molecule has 0 aliphatic heterocycles. The van der Waals surface area contributed by atoms with E-state index in [0.717, 1.165) is 17.5 Å². The molecule has 35 heavy (non-hydrogen) atoms. The number of hydrogen-bond donors (Lipinski definition) is 1. The second-order valence-electron chi connectivity index (χ2n) is 9.05. The van der Waals surface area contributed by atoms with Gasteiger partial charge in [-0.15, -0.1) is 0 Å². The fourth-order valence-electron chi connectivity index (χ4n) is 3.98. The maximum absolute atomic E-state index is 13.4. The highest BCUT2D eigenvalue weighted by Crippen LogP contribution is 2.20. The fraction of sp³-hybridized carbons (Fsp3) is 0.481. The summed E-state index contributed by atoms with van der Waals surface area (Å²) in [5.74, 6) is -0.352. The Morgan fingerprint density at radius 2 is 1.57 bits per heavy atom. The Labute approximate surface area is 210 Å². The SMILES string of the molecule is CCc1ccc(N(CCCC(=O)N(Cc2ccccc2)[C@H](CC)C(=O)NC(C)C)S(C)(=O)=O)cc1. The zero-order valence-electron chi connectivity index (χ0n) is 21.5. The van der Waals surface area contributed by atoms with Gasteiger partial charge in [-0.2, -0.15) is 0 Å². The molecule has 0 aromatic heterocycles. The van der Waals surface area contributed by atoms with Crippen molar-refractivity contribution in [1.29, 1.82) is 0 Å². The van der Waals surface area contributed by atoms with Crippen molar-refractivity contribution in [2.24, 2.45) is 0 Å². The van der Waals surface area contributed by atoms with Crippen molar-refractivity contribution in [3.05, 3.63) is 65.7 Å². The third kappa shape index (κ3) is 8.69. The predicted molar refractivity (Wildman–Crippen MR) is 142 cm³/mol. The normalized spacial score (nSPS) is 12.3. The lowest BCUT2D eigenvalue weighted by molar-refractivity contribution is -0.141. The number of sulfonamides is 1. The summed E-state index contributed by atoms with van der Waals surface area (Å²) in [6.45, 7) is 8.21. The Morgan fingerprint density at radius 3 is 2.09 bits per heavy atom. The first-order valence-electron chi connectivity index (χ1n) is 12.3. The lowest BCUT2D eigenvalue weighted by atomic mass is 10.1.